The van der Waals surface area contributed by atoms with Crippen LogP contribution < -0.4 is 20.1 Å². The molecule has 4 atom stereocenters. The number of hydrogen-bond donors (Lipinski definition) is 7. The van der Waals surface area contributed by atoms with Gasteiger partial charge in [-0.15, -0.1) is 12.6 Å². The zero-order valence-corrected chi connectivity index (χ0v) is 28.1. The summed E-state index contributed by atoms with van der Waals surface area (Å²) in [5.74, 6) is -2.21. The molecule has 0 aromatic carbocycles. The van der Waals surface area contributed by atoms with Crippen LogP contribution in [0, 0.1) is 0 Å². The van der Waals surface area contributed by atoms with Crippen LogP contribution in [-0.2, 0) is 47.7 Å². The fraction of sp³-hybridized carbons (Fsp3) is 0.565. The lowest BCUT2D eigenvalue weighted by Gasteiger charge is -2.21. The molecular weight excluding hydrogens is 685 g/mol. The normalized spacial score (nSPS) is 17.0. The number of rotatable bonds is 19. The minimum absolute atomic E-state index is 0.00964. The first-order valence-electron chi connectivity index (χ1n) is 12.4. The van der Waals surface area contributed by atoms with E-state index < -0.39 is 53.0 Å². The van der Waals surface area contributed by atoms with Crippen molar-refractivity contribution in [1.82, 2.24) is 20.1 Å². The minimum Gasteiger partial charge on any atom is -0.486 e. The van der Waals surface area contributed by atoms with E-state index in [9.17, 15) is 28.8 Å². The van der Waals surface area contributed by atoms with E-state index in [1.807, 2.05) is 0 Å². The number of ether oxygens (including phenoxy) is 4. The fourth-order valence-corrected chi connectivity index (χ4v) is 7.27. The van der Waals surface area contributed by atoms with Crippen LogP contribution in [0.3, 0.4) is 0 Å². The van der Waals surface area contributed by atoms with Crippen molar-refractivity contribution < 1.29 is 47.7 Å². The van der Waals surface area contributed by atoms with Gasteiger partial charge in [0.2, 0.25) is 5.12 Å². The summed E-state index contributed by atoms with van der Waals surface area (Å²) in [7, 11) is 4.62. The molecule has 0 aromatic rings. The highest BCUT2D eigenvalue weighted by Crippen LogP contribution is 2.36. The summed E-state index contributed by atoms with van der Waals surface area (Å²) >= 11 is 12.9. The molecule has 2 unspecified atom stereocenters. The third-order valence-corrected chi connectivity index (χ3v) is 9.68. The topological polar surface area (TPSA) is 187 Å². The van der Waals surface area contributed by atoms with Crippen LogP contribution in [0.1, 0.15) is 6.42 Å². The van der Waals surface area contributed by atoms with Gasteiger partial charge in [0.25, 0.3) is 11.8 Å². The molecule has 0 spiro atoms. The highest BCUT2D eigenvalue weighted by molar-refractivity contribution is 8.76. The molecule has 0 radical (unpaired) electrons. The van der Waals surface area contributed by atoms with E-state index in [4.69, 9.17) is 18.9 Å². The van der Waals surface area contributed by atoms with Gasteiger partial charge in [-0.1, -0.05) is 22.7 Å². The third kappa shape index (κ3) is 11.3. The van der Waals surface area contributed by atoms with Gasteiger partial charge in [0.1, 0.15) is 31.6 Å². The summed E-state index contributed by atoms with van der Waals surface area (Å²) in [6.45, 7) is 0.239. The lowest BCUT2D eigenvalue weighted by Crippen LogP contribution is -2.45. The summed E-state index contributed by atoms with van der Waals surface area (Å²) in [6, 6.07) is -3.38. The number of aldehydes is 1. The number of amides is 2. The maximum absolute atomic E-state index is 13.3. The number of methoxy groups -OCH3 is 2. The lowest BCUT2D eigenvalue weighted by atomic mass is 10.1. The molecule has 0 saturated carbocycles. The van der Waals surface area contributed by atoms with Crippen molar-refractivity contribution in [2.75, 3.05) is 50.4 Å². The van der Waals surface area contributed by atoms with Crippen molar-refractivity contribution in [2.45, 2.75) is 30.6 Å². The number of carbonyl (C=O) groups is 6. The van der Waals surface area contributed by atoms with Crippen LogP contribution in [0.5, 0.6) is 0 Å². The SMILES string of the molecule is COC(=O)C(CSN[C@@H](CS)C(=O)S)NC(=O)C1=C2OCCOC2=C(C(=O)NC(CSSN[C@H](C=O)CS)C(=O)OC)C1. The second-order valence-corrected chi connectivity index (χ2v) is 12.7. The van der Waals surface area contributed by atoms with Gasteiger partial charge < -0.3 is 34.4 Å². The number of nitrogens with one attached hydrogen (secondary N) is 4. The Balaban J connectivity index is 2.11. The molecule has 2 amide bonds. The van der Waals surface area contributed by atoms with Crippen molar-refractivity contribution in [3.63, 3.8) is 0 Å². The quantitative estimate of drug-likeness (QED) is 0.0229. The summed E-state index contributed by atoms with van der Waals surface area (Å²) in [5, 5.41) is 4.74. The molecule has 2 aliphatic rings. The molecule has 1 aliphatic heterocycles. The second kappa shape index (κ2) is 19.7. The van der Waals surface area contributed by atoms with E-state index in [0.29, 0.717) is 6.29 Å². The molecule has 0 aromatic heterocycles. The van der Waals surface area contributed by atoms with Crippen LogP contribution >= 0.6 is 71.6 Å². The van der Waals surface area contributed by atoms with E-state index in [1.54, 1.807) is 0 Å². The summed E-state index contributed by atoms with van der Waals surface area (Å²) in [6.07, 6.45) is 0.490. The summed E-state index contributed by atoms with van der Waals surface area (Å²) in [4.78, 5) is 73.9. The molecule has 1 aliphatic carbocycles. The molecule has 240 valence electrons. The predicted octanol–water partition coefficient (Wildman–Crippen LogP) is -0.363. The van der Waals surface area contributed by atoms with E-state index in [0.717, 1.165) is 30.0 Å². The molecule has 14 nitrogen and oxygen atoms in total. The van der Waals surface area contributed by atoms with Crippen molar-refractivity contribution in [1.29, 1.82) is 0 Å². The minimum atomic E-state index is -1.13. The van der Waals surface area contributed by atoms with Crippen LogP contribution in [0.4, 0.5) is 0 Å². The Bertz CT molecular complexity index is 1120. The molecule has 4 N–H and O–H groups in total. The largest absolute Gasteiger partial charge is 0.486 e. The van der Waals surface area contributed by atoms with E-state index in [-0.39, 0.29) is 65.3 Å². The molecule has 20 heteroatoms. The Morgan fingerprint density at radius 3 is 1.84 bits per heavy atom. The zero-order valence-electron chi connectivity index (χ0n) is 23.0. The standard InChI is InChI=1S/C23H32N4O10S6/c1-34-21(31)15(9-41-27-14(8-39)23(33)40)24-19(29)12-5-13(18-17(12)36-3-4-37-18)20(30)25-16(22(32)35-2)10-42-43-26-11(6-28)7-38/h6,11,14-16,26-27,38-39H,3-5,7-10H2,1-2H3,(H,24,29)(H,25,30)(H,33,40)/t11-,14+,15?,16?/m1/s1. The molecule has 2 rings (SSSR count). The Hall–Kier alpha value is -1.68. The van der Waals surface area contributed by atoms with Crippen molar-refractivity contribution in [3.8, 4) is 0 Å². The highest BCUT2D eigenvalue weighted by atomic mass is 33.1. The van der Waals surface area contributed by atoms with Crippen LogP contribution in [0.15, 0.2) is 22.7 Å². The van der Waals surface area contributed by atoms with E-state index >= 15 is 0 Å². The smallest absolute Gasteiger partial charge is 0.329 e. The van der Waals surface area contributed by atoms with Crippen molar-refractivity contribution in [3.05, 3.63) is 22.7 Å². The maximum atomic E-state index is 13.3. The van der Waals surface area contributed by atoms with Gasteiger partial charge in [-0.05, 0) is 11.0 Å². The molecule has 0 bridgehead atoms. The van der Waals surface area contributed by atoms with Crippen LogP contribution in [-0.4, -0.2) is 110 Å². The van der Waals surface area contributed by atoms with Gasteiger partial charge in [0.15, 0.2) is 11.5 Å². The summed E-state index contributed by atoms with van der Waals surface area (Å²) < 4.78 is 26.6. The average molecular weight is 717 g/mol. The van der Waals surface area contributed by atoms with Crippen LogP contribution in [0.25, 0.3) is 0 Å². The number of carbonyl (C=O) groups excluding carboxylic acids is 6. The number of hydrogen-bond acceptors (Lipinski definition) is 17. The van der Waals surface area contributed by atoms with Gasteiger partial charge in [0, 0.05) is 29.4 Å². The van der Waals surface area contributed by atoms with Crippen molar-refractivity contribution >= 4 is 107 Å². The number of thiol groups is 3. The monoisotopic (exact) mass is 716 g/mol. The molecule has 1 fully saturated rings. The fourth-order valence-electron chi connectivity index (χ4n) is 3.39. The van der Waals surface area contributed by atoms with Gasteiger partial charge >= 0.3 is 11.9 Å². The Labute approximate surface area is 277 Å². The number of esters is 2. The molecule has 43 heavy (non-hydrogen) atoms. The van der Waals surface area contributed by atoms with E-state index in [2.05, 4.69) is 58.0 Å². The highest BCUT2D eigenvalue weighted by Gasteiger charge is 2.39. The Morgan fingerprint density at radius 2 is 1.40 bits per heavy atom. The lowest BCUT2D eigenvalue weighted by molar-refractivity contribution is -0.144. The predicted molar refractivity (Wildman–Crippen MR) is 173 cm³/mol. The van der Waals surface area contributed by atoms with Crippen LogP contribution in [0.2, 0.25) is 0 Å². The first-order valence-corrected chi connectivity index (χ1v) is 17.4. The van der Waals surface area contributed by atoms with Gasteiger partial charge in [0.05, 0.1) is 37.4 Å². The zero-order chi connectivity index (χ0) is 31.9. The molecule has 1 saturated heterocycles. The maximum Gasteiger partial charge on any atom is 0.329 e. The first-order chi connectivity index (χ1) is 20.6. The van der Waals surface area contributed by atoms with Gasteiger partial charge in [-0.2, -0.15) is 25.3 Å². The summed E-state index contributed by atoms with van der Waals surface area (Å²) in [5.41, 5.74) is 0.0936. The Kier molecular flexibility index (Phi) is 17.1. The Morgan fingerprint density at radius 1 is 0.860 bits per heavy atom. The van der Waals surface area contributed by atoms with Crippen molar-refractivity contribution in [2.24, 2.45) is 0 Å². The third-order valence-electron chi connectivity index (χ3n) is 5.62. The van der Waals surface area contributed by atoms with Gasteiger partial charge in [-0.3, -0.25) is 19.1 Å². The van der Waals surface area contributed by atoms with E-state index in [1.165, 1.54) is 17.9 Å². The molecule has 1 heterocycles. The average Bonchev–Trinajstić information content (AvgIpc) is 3.41. The molecular formula is C23H32N4O10S6. The second-order valence-electron chi connectivity index (χ2n) is 8.50. The first kappa shape index (κ1) is 37.5. The number of fused-ring (bicyclic) bond motifs is 1. The van der Waals surface area contributed by atoms with Gasteiger partial charge in [-0.25, -0.2) is 14.3 Å².